The van der Waals surface area contributed by atoms with E-state index in [1.54, 1.807) is 0 Å². The maximum absolute atomic E-state index is 14.1. The number of hydrogen-bond donors (Lipinski definition) is 6. The average Bonchev–Trinajstić information content (AvgIpc) is 3.47. The Hall–Kier alpha value is -4.97. The summed E-state index contributed by atoms with van der Waals surface area (Å²) in [6.45, 7) is 4.04. The van der Waals surface area contributed by atoms with Crippen molar-refractivity contribution in [3.05, 3.63) is 144 Å². The quantitative estimate of drug-likeness (QED) is 0.104. The first-order valence-corrected chi connectivity index (χ1v) is 18.4. The fraction of sp³-hybridized carbons (Fsp3) is 0.317. The van der Waals surface area contributed by atoms with Gasteiger partial charge in [-0.2, -0.15) is 0 Å². The number of nitrogens with one attached hydrogen (secondary N) is 5. The monoisotopic (exact) mass is 721 g/mol. The van der Waals surface area contributed by atoms with Crippen molar-refractivity contribution in [1.82, 2.24) is 26.6 Å². The molecule has 0 radical (unpaired) electrons. The summed E-state index contributed by atoms with van der Waals surface area (Å²) in [6.07, 6.45) is -0.504. The Morgan fingerprint density at radius 3 is 1.75 bits per heavy atom. The minimum absolute atomic E-state index is 0.0561. The summed E-state index contributed by atoms with van der Waals surface area (Å²) in [5.74, 6) is -1.30. The Balaban J connectivity index is 1.28. The molecule has 0 bridgehead atoms. The molecule has 11 heteroatoms. The van der Waals surface area contributed by atoms with Gasteiger partial charge < -0.3 is 26.4 Å². The van der Waals surface area contributed by atoms with Gasteiger partial charge in [-0.1, -0.05) is 121 Å². The lowest BCUT2D eigenvalue weighted by Gasteiger charge is -2.29. The van der Waals surface area contributed by atoms with Crippen molar-refractivity contribution in [2.75, 3.05) is 6.54 Å². The van der Waals surface area contributed by atoms with Gasteiger partial charge in [0.05, 0.1) is 30.4 Å². The normalized spacial score (nSPS) is 18.0. The van der Waals surface area contributed by atoms with Gasteiger partial charge in [-0.15, -0.1) is 11.8 Å². The molecule has 5 atom stereocenters. The van der Waals surface area contributed by atoms with E-state index < -0.39 is 34.4 Å². The second-order valence-corrected chi connectivity index (χ2v) is 15.3. The molecular formula is C41H47N5O5S. The number of aliphatic hydroxyl groups is 1. The number of carbonyl (C=O) groups excluding carboxylic acids is 4. The second-order valence-electron chi connectivity index (χ2n) is 13.5. The zero-order valence-electron chi connectivity index (χ0n) is 29.5. The first kappa shape index (κ1) is 38.3. The van der Waals surface area contributed by atoms with Crippen LogP contribution in [0, 0.1) is 0 Å². The third kappa shape index (κ3) is 11.3. The summed E-state index contributed by atoms with van der Waals surface area (Å²) in [5.41, 5.74) is 3.49. The van der Waals surface area contributed by atoms with Gasteiger partial charge in [-0.3, -0.25) is 24.5 Å². The topological polar surface area (TPSA) is 149 Å². The molecule has 4 aromatic rings. The van der Waals surface area contributed by atoms with Gasteiger partial charge in [-0.25, -0.2) is 0 Å². The molecule has 1 saturated heterocycles. The third-order valence-electron chi connectivity index (χ3n) is 8.94. The lowest BCUT2D eigenvalue weighted by atomic mass is 9.98. The van der Waals surface area contributed by atoms with E-state index in [1.807, 2.05) is 135 Å². The molecule has 5 rings (SSSR count). The molecule has 52 heavy (non-hydrogen) atoms. The van der Waals surface area contributed by atoms with Crippen molar-refractivity contribution < 1.29 is 24.3 Å². The van der Waals surface area contributed by atoms with Crippen LogP contribution in [0.5, 0.6) is 0 Å². The summed E-state index contributed by atoms with van der Waals surface area (Å²) in [6, 6.07) is 35.1. The molecule has 6 N–H and O–H groups in total. The van der Waals surface area contributed by atoms with E-state index in [1.165, 1.54) is 11.8 Å². The summed E-state index contributed by atoms with van der Waals surface area (Å²) < 4.78 is -0.705. The highest BCUT2D eigenvalue weighted by Crippen LogP contribution is 2.39. The molecule has 0 spiro atoms. The van der Waals surface area contributed by atoms with Crippen LogP contribution < -0.4 is 26.6 Å². The molecule has 10 nitrogen and oxygen atoms in total. The van der Waals surface area contributed by atoms with Crippen LogP contribution in [0.15, 0.2) is 121 Å². The Labute approximate surface area is 309 Å². The van der Waals surface area contributed by atoms with E-state index in [4.69, 9.17) is 0 Å². The molecule has 0 aromatic heterocycles. The summed E-state index contributed by atoms with van der Waals surface area (Å²) in [4.78, 5) is 53.8. The van der Waals surface area contributed by atoms with Crippen molar-refractivity contribution in [1.29, 1.82) is 0 Å². The van der Waals surface area contributed by atoms with Crippen LogP contribution in [-0.4, -0.2) is 69.6 Å². The number of carbonyl (C=O) groups is 4. The van der Waals surface area contributed by atoms with Gasteiger partial charge in [0, 0.05) is 17.8 Å². The first-order chi connectivity index (χ1) is 25.1. The fourth-order valence-electron chi connectivity index (χ4n) is 6.15. The van der Waals surface area contributed by atoms with E-state index in [0.29, 0.717) is 6.42 Å². The highest BCUT2D eigenvalue weighted by Gasteiger charge is 2.49. The molecule has 0 aliphatic carbocycles. The van der Waals surface area contributed by atoms with E-state index in [-0.39, 0.29) is 49.6 Å². The minimum Gasteiger partial charge on any atom is -0.389 e. The SMILES string of the molecule is CC1(C)S[C@H]([C@H](NC(=O)Cc2ccccc2)C(=O)NCc2ccccc2)N[C@H]1C(=O)NC(Cc1ccccc1)[C@H](O)CNC(=O)Cc1ccccc1. The highest BCUT2D eigenvalue weighted by molar-refractivity contribution is 8.01. The van der Waals surface area contributed by atoms with Gasteiger partial charge in [0.2, 0.25) is 23.6 Å². The van der Waals surface area contributed by atoms with Crippen LogP contribution in [-0.2, 0) is 45.0 Å². The van der Waals surface area contributed by atoms with E-state index >= 15 is 0 Å². The molecular weight excluding hydrogens is 675 g/mol. The molecule has 1 fully saturated rings. The van der Waals surface area contributed by atoms with Gasteiger partial charge in [0.15, 0.2) is 0 Å². The maximum Gasteiger partial charge on any atom is 0.245 e. The zero-order valence-corrected chi connectivity index (χ0v) is 30.3. The average molecular weight is 722 g/mol. The lowest BCUT2D eigenvalue weighted by Crippen LogP contribution is -2.60. The number of thioether (sulfide) groups is 1. The molecule has 4 aromatic carbocycles. The molecule has 1 aliphatic rings. The summed E-state index contributed by atoms with van der Waals surface area (Å²) in [5, 5.41) is 25.8. The molecule has 1 unspecified atom stereocenters. The largest absolute Gasteiger partial charge is 0.389 e. The van der Waals surface area contributed by atoms with Crippen LogP contribution in [0.1, 0.15) is 36.1 Å². The Morgan fingerprint density at radius 2 is 1.19 bits per heavy atom. The molecule has 272 valence electrons. The predicted molar refractivity (Wildman–Crippen MR) is 204 cm³/mol. The van der Waals surface area contributed by atoms with E-state index in [9.17, 15) is 24.3 Å². The minimum atomic E-state index is -1.09. The van der Waals surface area contributed by atoms with Gasteiger partial charge in [0.25, 0.3) is 0 Å². The summed E-state index contributed by atoms with van der Waals surface area (Å²) >= 11 is 1.40. The van der Waals surface area contributed by atoms with E-state index in [0.717, 1.165) is 22.3 Å². The maximum atomic E-state index is 14.1. The van der Waals surface area contributed by atoms with Crippen LogP contribution in [0.4, 0.5) is 0 Å². The highest BCUT2D eigenvalue weighted by atomic mass is 32.2. The van der Waals surface area contributed by atoms with Gasteiger partial charge >= 0.3 is 0 Å². The molecule has 1 heterocycles. The fourth-order valence-corrected chi connectivity index (χ4v) is 7.65. The van der Waals surface area contributed by atoms with Crippen molar-refractivity contribution in [2.45, 2.75) is 74.0 Å². The Kier molecular flexibility index (Phi) is 13.6. The number of benzene rings is 4. The standard InChI is InChI=1S/C41H47N5O5S/c1-41(2)37(39(51)44-32(23-28-15-7-3-8-16-28)33(47)27-42-34(48)24-29-17-9-4-10-18-29)46-40(52-41)36(38(50)43-26-31-21-13-6-14-22-31)45-35(49)25-30-19-11-5-12-20-30/h3-22,32-33,36-37,40,46-47H,23-27H2,1-2H3,(H,42,48)(H,43,50)(H,44,51)(H,45,49)/t32?,33-,36-,37+,40-/m1/s1. The lowest BCUT2D eigenvalue weighted by molar-refractivity contribution is -0.129. The first-order valence-electron chi connectivity index (χ1n) is 17.5. The zero-order chi connectivity index (χ0) is 36.9. The summed E-state index contributed by atoms with van der Waals surface area (Å²) in [7, 11) is 0. The van der Waals surface area contributed by atoms with Crippen molar-refractivity contribution in [2.24, 2.45) is 0 Å². The van der Waals surface area contributed by atoms with Crippen LogP contribution in [0.3, 0.4) is 0 Å². The van der Waals surface area contributed by atoms with Gasteiger partial charge in [0.1, 0.15) is 12.1 Å². The van der Waals surface area contributed by atoms with Crippen molar-refractivity contribution >= 4 is 35.4 Å². The van der Waals surface area contributed by atoms with Crippen LogP contribution >= 0.6 is 11.8 Å². The number of hydrogen-bond acceptors (Lipinski definition) is 7. The number of amides is 4. The van der Waals surface area contributed by atoms with Crippen LogP contribution in [0.25, 0.3) is 0 Å². The Bertz CT molecular complexity index is 1760. The molecule has 1 aliphatic heterocycles. The molecule has 4 amide bonds. The predicted octanol–water partition coefficient (Wildman–Crippen LogP) is 3.29. The van der Waals surface area contributed by atoms with E-state index in [2.05, 4.69) is 26.6 Å². The smallest absolute Gasteiger partial charge is 0.245 e. The third-order valence-corrected chi connectivity index (χ3v) is 10.4. The van der Waals surface area contributed by atoms with Crippen LogP contribution in [0.2, 0.25) is 0 Å². The molecule has 0 saturated carbocycles. The number of aliphatic hydroxyl groups excluding tert-OH is 1. The second kappa shape index (κ2) is 18.5. The van der Waals surface area contributed by atoms with Crippen molar-refractivity contribution in [3.63, 3.8) is 0 Å². The van der Waals surface area contributed by atoms with Crippen molar-refractivity contribution in [3.8, 4) is 0 Å². The Morgan fingerprint density at radius 1 is 0.692 bits per heavy atom. The van der Waals surface area contributed by atoms with Gasteiger partial charge in [-0.05, 0) is 42.5 Å². The number of rotatable bonds is 16.